The molecule has 7 heteroatoms. The summed E-state index contributed by atoms with van der Waals surface area (Å²) in [5.41, 5.74) is -0.715. The van der Waals surface area contributed by atoms with E-state index in [0.717, 1.165) is 0 Å². The highest BCUT2D eigenvalue weighted by molar-refractivity contribution is 5.90. The summed E-state index contributed by atoms with van der Waals surface area (Å²) in [5.74, 6) is -7.02. The van der Waals surface area contributed by atoms with E-state index in [1.54, 1.807) is 0 Å². The topological polar surface area (TPSA) is 32.1 Å². The predicted molar refractivity (Wildman–Crippen MR) is 46.9 cm³/mol. The maximum atomic E-state index is 13.1. The van der Waals surface area contributed by atoms with Gasteiger partial charge in [0.2, 0.25) is 0 Å². The third-order valence-corrected chi connectivity index (χ3v) is 2.08. The van der Waals surface area contributed by atoms with E-state index in [-0.39, 0.29) is 0 Å². The third kappa shape index (κ3) is 1.80. The number of halogens is 4. The fraction of sp³-hybridized carbons (Fsp3) is 0.222. The Hall–Kier alpha value is -1.79. The molecule has 0 saturated carbocycles. The molecule has 0 aromatic heterocycles. The van der Waals surface area contributed by atoms with Crippen LogP contribution < -0.4 is 5.32 Å². The normalized spacial score (nSPS) is 13.9. The van der Waals surface area contributed by atoms with Gasteiger partial charge in [-0.3, -0.25) is 0 Å². The summed E-state index contributed by atoms with van der Waals surface area (Å²) in [7, 11) is 0. The second kappa shape index (κ2) is 3.66. The average molecular weight is 234 g/mol. The highest BCUT2D eigenvalue weighted by Crippen LogP contribution is 2.23. The Labute approximate surface area is 87.7 Å². The molecular weight excluding hydrogens is 228 g/mol. The predicted octanol–water partition coefficient (Wildman–Crippen LogP) is 2.09. The van der Waals surface area contributed by atoms with Crippen molar-refractivity contribution < 1.29 is 22.4 Å². The first-order valence-electron chi connectivity index (χ1n) is 4.39. The lowest BCUT2D eigenvalue weighted by atomic mass is 10.2. The number of carbonyl (C=O) groups is 1. The van der Waals surface area contributed by atoms with Crippen LogP contribution in [0, 0.1) is 23.3 Å². The van der Waals surface area contributed by atoms with Crippen molar-refractivity contribution in [3.8, 4) is 0 Å². The molecule has 1 heterocycles. The summed E-state index contributed by atoms with van der Waals surface area (Å²) in [4.78, 5) is 12.4. The van der Waals surface area contributed by atoms with Crippen molar-refractivity contribution in [2.75, 3.05) is 18.4 Å². The summed E-state index contributed by atoms with van der Waals surface area (Å²) >= 11 is 0. The van der Waals surface area contributed by atoms with Crippen LogP contribution in [0.25, 0.3) is 0 Å². The smallest absolute Gasteiger partial charge is 0.321 e. The molecule has 1 aromatic carbocycles. The molecule has 2 amide bonds. The Morgan fingerprint density at radius 1 is 1.12 bits per heavy atom. The first-order valence-corrected chi connectivity index (χ1v) is 4.39. The summed E-state index contributed by atoms with van der Waals surface area (Å²) < 4.78 is 51.1. The van der Waals surface area contributed by atoms with Gasteiger partial charge in [0.1, 0.15) is 0 Å². The minimum absolute atomic E-state index is 0.398. The molecule has 0 aliphatic carbocycles. The largest absolute Gasteiger partial charge is 0.322 e. The number of carbonyl (C=O) groups excluding carboxylic acids is 1. The molecular formula is C9H6F4N2O. The SMILES string of the molecule is O=C(Nc1cc(F)c(F)c(F)c1F)N1CC1. The van der Waals surface area contributed by atoms with Crippen LogP contribution >= 0.6 is 0 Å². The van der Waals surface area contributed by atoms with Crippen molar-refractivity contribution in [1.82, 2.24) is 4.90 Å². The Kier molecular flexibility index (Phi) is 2.45. The molecule has 1 saturated heterocycles. The number of rotatable bonds is 1. The van der Waals surface area contributed by atoms with Gasteiger partial charge in [0.15, 0.2) is 23.3 Å². The van der Waals surface area contributed by atoms with Crippen LogP contribution in [0.4, 0.5) is 28.0 Å². The molecule has 16 heavy (non-hydrogen) atoms. The molecule has 0 bridgehead atoms. The molecule has 0 atom stereocenters. The minimum Gasteiger partial charge on any atom is -0.321 e. The second-order valence-corrected chi connectivity index (χ2v) is 3.27. The zero-order valence-corrected chi connectivity index (χ0v) is 7.86. The van der Waals surface area contributed by atoms with Gasteiger partial charge in [-0.15, -0.1) is 0 Å². The van der Waals surface area contributed by atoms with Gasteiger partial charge >= 0.3 is 6.03 Å². The van der Waals surface area contributed by atoms with Crippen molar-refractivity contribution in [2.24, 2.45) is 0 Å². The molecule has 86 valence electrons. The first kappa shape index (κ1) is 10.7. The number of urea groups is 1. The first-order chi connectivity index (χ1) is 7.50. The van der Waals surface area contributed by atoms with E-state index in [9.17, 15) is 22.4 Å². The van der Waals surface area contributed by atoms with E-state index in [0.29, 0.717) is 19.2 Å². The van der Waals surface area contributed by atoms with Crippen LogP contribution in [0.15, 0.2) is 6.07 Å². The van der Waals surface area contributed by atoms with Crippen molar-refractivity contribution >= 4 is 11.7 Å². The van der Waals surface area contributed by atoms with Crippen LogP contribution in [0.5, 0.6) is 0 Å². The Morgan fingerprint density at radius 2 is 1.75 bits per heavy atom. The number of anilines is 1. The lowest BCUT2D eigenvalue weighted by molar-refractivity contribution is 0.241. The molecule has 1 aliphatic rings. The van der Waals surface area contributed by atoms with Crippen LogP contribution in [0.1, 0.15) is 0 Å². The average Bonchev–Trinajstić information content (AvgIpc) is 3.06. The molecule has 1 aliphatic heterocycles. The molecule has 3 nitrogen and oxygen atoms in total. The maximum Gasteiger partial charge on any atom is 0.322 e. The monoisotopic (exact) mass is 234 g/mol. The van der Waals surface area contributed by atoms with E-state index < -0.39 is 35.0 Å². The van der Waals surface area contributed by atoms with Crippen LogP contribution in [0.2, 0.25) is 0 Å². The van der Waals surface area contributed by atoms with E-state index in [4.69, 9.17) is 0 Å². The fourth-order valence-corrected chi connectivity index (χ4v) is 1.11. The minimum atomic E-state index is -1.94. The maximum absolute atomic E-state index is 13.1. The number of nitrogens with zero attached hydrogens (tertiary/aromatic N) is 1. The van der Waals surface area contributed by atoms with E-state index in [2.05, 4.69) is 0 Å². The van der Waals surface area contributed by atoms with Gasteiger partial charge in [-0.1, -0.05) is 0 Å². The Morgan fingerprint density at radius 3 is 2.31 bits per heavy atom. The summed E-state index contributed by atoms with van der Waals surface area (Å²) in [6.07, 6.45) is 0. The highest BCUT2D eigenvalue weighted by atomic mass is 19.2. The quantitative estimate of drug-likeness (QED) is 0.343. The lowest BCUT2D eigenvalue weighted by Crippen LogP contribution is -2.20. The van der Waals surface area contributed by atoms with Gasteiger partial charge < -0.3 is 10.2 Å². The molecule has 0 radical (unpaired) electrons. The summed E-state index contributed by atoms with van der Waals surface area (Å²) in [6, 6.07) is -0.279. The Bertz CT molecular complexity index is 459. The molecule has 2 rings (SSSR count). The zero-order chi connectivity index (χ0) is 11.9. The number of nitrogens with one attached hydrogen (secondary N) is 1. The van der Waals surface area contributed by atoms with Crippen molar-refractivity contribution in [3.63, 3.8) is 0 Å². The van der Waals surface area contributed by atoms with Gasteiger partial charge in [0, 0.05) is 19.2 Å². The van der Waals surface area contributed by atoms with Gasteiger partial charge in [-0.25, -0.2) is 22.4 Å². The van der Waals surface area contributed by atoms with Gasteiger partial charge in [-0.05, 0) is 0 Å². The van der Waals surface area contributed by atoms with Gasteiger partial charge in [0.05, 0.1) is 5.69 Å². The number of amides is 2. The lowest BCUT2D eigenvalue weighted by Gasteiger charge is -2.08. The van der Waals surface area contributed by atoms with Crippen LogP contribution in [0.3, 0.4) is 0 Å². The van der Waals surface area contributed by atoms with Crippen LogP contribution in [-0.2, 0) is 0 Å². The van der Waals surface area contributed by atoms with E-state index in [1.165, 1.54) is 4.90 Å². The van der Waals surface area contributed by atoms with E-state index in [1.807, 2.05) is 5.32 Å². The van der Waals surface area contributed by atoms with Gasteiger partial charge in [0.25, 0.3) is 0 Å². The highest BCUT2D eigenvalue weighted by Gasteiger charge is 2.26. The summed E-state index contributed by atoms with van der Waals surface area (Å²) in [6.45, 7) is 0.999. The van der Waals surface area contributed by atoms with Crippen molar-refractivity contribution in [1.29, 1.82) is 0 Å². The number of hydrogen-bond acceptors (Lipinski definition) is 1. The number of benzene rings is 1. The third-order valence-electron chi connectivity index (χ3n) is 2.08. The Balaban J connectivity index is 2.29. The molecule has 1 aromatic rings. The van der Waals surface area contributed by atoms with E-state index >= 15 is 0 Å². The molecule has 0 unspecified atom stereocenters. The second-order valence-electron chi connectivity index (χ2n) is 3.27. The molecule has 1 fully saturated rings. The standard InChI is InChI=1S/C9H6F4N2O/c10-4-3-5(7(12)8(13)6(4)11)14-9(16)15-1-2-15/h3H,1-2H2,(H,14,16). The zero-order valence-electron chi connectivity index (χ0n) is 7.86. The van der Waals surface area contributed by atoms with Crippen molar-refractivity contribution in [3.05, 3.63) is 29.3 Å². The van der Waals surface area contributed by atoms with Crippen molar-refractivity contribution in [2.45, 2.75) is 0 Å². The van der Waals surface area contributed by atoms with Crippen LogP contribution in [-0.4, -0.2) is 24.0 Å². The molecule has 0 spiro atoms. The number of hydrogen-bond donors (Lipinski definition) is 1. The van der Waals surface area contributed by atoms with Gasteiger partial charge in [-0.2, -0.15) is 0 Å². The molecule has 1 N–H and O–H groups in total. The summed E-state index contributed by atoms with van der Waals surface area (Å²) in [5, 5.41) is 1.95. The fourth-order valence-electron chi connectivity index (χ4n) is 1.11.